The number of esters is 1. The van der Waals surface area contributed by atoms with E-state index in [-0.39, 0.29) is 24.4 Å². The summed E-state index contributed by atoms with van der Waals surface area (Å²) in [5.74, 6) is -0.484. The SMILES string of the molecule is N#CCc1ccc(NC(=O)COC(=O)C[C@H]2C=CCC2)cc1. The van der Waals surface area contributed by atoms with Crippen molar-refractivity contribution in [1.29, 1.82) is 5.26 Å². The third kappa shape index (κ3) is 5.06. The maximum absolute atomic E-state index is 11.7. The lowest BCUT2D eigenvalue weighted by Crippen LogP contribution is -2.21. The van der Waals surface area contributed by atoms with Crippen LogP contribution in [0.3, 0.4) is 0 Å². The molecule has 1 atom stereocenters. The first kappa shape index (κ1) is 15.8. The Kier molecular flexibility index (Phi) is 5.73. The molecule has 1 amide bonds. The van der Waals surface area contributed by atoms with E-state index in [0.717, 1.165) is 18.4 Å². The lowest BCUT2D eigenvalue weighted by molar-refractivity contribution is -0.147. The van der Waals surface area contributed by atoms with Gasteiger partial charge in [-0.05, 0) is 36.5 Å². The number of hydrogen-bond acceptors (Lipinski definition) is 4. The summed E-state index contributed by atoms with van der Waals surface area (Å²) >= 11 is 0. The van der Waals surface area contributed by atoms with Crippen LogP contribution >= 0.6 is 0 Å². The fraction of sp³-hybridized carbons (Fsp3) is 0.353. The molecule has 0 heterocycles. The number of nitrogens with one attached hydrogen (secondary N) is 1. The number of carbonyl (C=O) groups excluding carboxylic acids is 2. The highest BCUT2D eigenvalue weighted by Crippen LogP contribution is 2.20. The molecular weight excluding hydrogens is 280 g/mol. The Balaban J connectivity index is 1.71. The van der Waals surface area contributed by atoms with Gasteiger partial charge in [0.2, 0.25) is 0 Å². The topological polar surface area (TPSA) is 79.2 Å². The van der Waals surface area contributed by atoms with Gasteiger partial charge in [-0.1, -0.05) is 24.3 Å². The van der Waals surface area contributed by atoms with Crippen LogP contribution in [-0.4, -0.2) is 18.5 Å². The molecule has 1 aliphatic rings. The van der Waals surface area contributed by atoms with E-state index < -0.39 is 0 Å². The summed E-state index contributed by atoms with van der Waals surface area (Å²) in [6.07, 6.45) is 6.70. The third-order valence-electron chi connectivity index (χ3n) is 3.43. The highest BCUT2D eigenvalue weighted by atomic mass is 16.5. The van der Waals surface area contributed by atoms with Crippen molar-refractivity contribution in [2.75, 3.05) is 11.9 Å². The number of amides is 1. The molecule has 0 bridgehead atoms. The molecule has 5 heteroatoms. The van der Waals surface area contributed by atoms with Gasteiger partial charge in [0, 0.05) is 5.69 Å². The van der Waals surface area contributed by atoms with E-state index in [4.69, 9.17) is 10.00 Å². The number of benzene rings is 1. The maximum atomic E-state index is 11.7. The number of allylic oxidation sites excluding steroid dienone is 2. The van der Waals surface area contributed by atoms with Crippen LogP contribution < -0.4 is 5.32 Å². The quantitative estimate of drug-likeness (QED) is 0.646. The number of carbonyl (C=O) groups is 2. The second-order valence-electron chi connectivity index (χ2n) is 5.21. The van der Waals surface area contributed by atoms with E-state index in [1.54, 1.807) is 24.3 Å². The van der Waals surface area contributed by atoms with Crippen molar-refractivity contribution >= 4 is 17.6 Å². The zero-order valence-corrected chi connectivity index (χ0v) is 12.2. The smallest absolute Gasteiger partial charge is 0.306 e. The van der Waals surface area contributed by atoms with Crippen molar-refractivity contribution in [3.05, 3.63) is 42.0 Å². The molecule has 0 radical (unpaired) electrons. The monoisotopic (exact) mass is 298 g/mol. The van der Waals surface area contributed by atoms with E-state index in [0.29, 0.717) is 18.5 Å². The first-order valence-electron chi connectivity index (χ1n) is 7.25. The molecule has 1 aromatic rings. The second kappa shape index (κ2) is 7.99. The summed E-state index contributed by atoms with van der Waals surface area (Å²) < 4.78 is 4.97. The lowest BCUT2D eigenvalue weighted by atomic mass is 10.1. The molecule has 1 aliphatic carbocycles. The fourth-order valence-corrected chi connectivity index (χ4v) is 2.28. The minimum absolute atomic E-state index is 0.239. The van der Waals surface area contributed by atoms with E-state index in [1.807, 2.05) is 6.08 Å². The Labute approximate surface area is 129 Å². The number of hydrogen-bond donors (Lipinski definition) is 1. The summed E-state index contributed by atoms with van der Waals surface area (Å²) in [4.78, 5) is 23.3. The van der Waals surface area contributed by atoms with Gasteiger partial charge in [-0.15, -0.1) is 0 Å². The first-order chi connectivity index (χ1) is 10.7. The van der Waals surface area contributed by atoms with Crippen molar-refractivity contribution < 1.29 is 14.3 Å². The summed E-state index contributed by atoms with van der Waals surface area (Å²) in [5.41, 5.74) is 1.50. The second-order valence-corrected chi connectivity index (χ2v) is 5.21. The number of nitrogens with zero attached hydrogens (tertiary/aromatic N) is 1. The summed E-state index contributed by atoms with van der Waals surface area (Å²) in [5, 5.41) is 11.2. The van der Waals surface area contributed by atoms with Gasteiger partial charge in [0.1, 0.15) is 0 Å². The van der Waals surface area contributed by atoms with Crippen LogP contribution in [0.1, 0.15) is 24.8 Å². The molecule has 5 nitrogen and oxygen atoms in total. The number of rotatable bonds is 6. The Morgan fingerprint density at radius 1 is 1.32 bits per heavy atom. The highest BCUT2D eigenvalue weighted by molar-refractivity contribution is 5.92. The van der Waals surface area contributed by atoms with Crippen LogP contribution in [0.25, 0.3) is 0 Å². The molecule has 22 heavy (non-hydrogen) atoms. The normalized spacial score (nSPS) is 16.0. The summed E-state index contributed by atoms with van der Waals surface area (Å²) in [7, 11) is 0. The molecule has 0 saturated heterocycles. The van der Waals surface area contributed by atoms with E-state index in [2.05, 4.69) is 17.5 Å². The van der Waals surface area contributed by atoms with Crippen LogP contribution in [0.5, 0.6) is 0 Å². The molecule has 2 rings (SSSR count). The first-order valence-corrected chi connectivity index (χ1v) is 7.25. The Bertz CT molecular complexity index is 599. The van der Waals surface area contributed by atoms with Crippen LogP contribution in [0.4, 0.5) is 5.69 Å². The molecule has 0 aliphatic heterocycles. The molecule has 0 saturated carbocycles. The number of nitriles is 1. The predicted molar refractivity (Wildman–Crippen MR) is 81.8 cm³/mol. The van der Waals surface area contributed by atoms with Crippen LogP contribution in [0.2, 0.25) is 0 Å². The maximum Gasteiger partial charge on any atom is 0.306 e. The van der Waals surface area contributed by atoms with Crippen molar-refractivity contribution in [3.8, 4) is 6.07 Å². The number of anilines is 1. The fourth-order valence-electron chi connectivity index (χ4n) is 2.28. The van der Waals surface area contributed by atoms with Crippen LogP contribution in [0.15, 0.2) is 36.4 Å². The molecule has 1 aromatic carbocycles. The zero-order valence-electron chi connectivity index (χ0n) is 12.2. The number of ether oxygens (including phenoxy) is 1. The Morgan fingerprint density at radius 3 is 2.73 bits per heavy atom. The Hall–Kier alpha value is -2.61. The standard InChI is InChI=1S/C17H18N2O3/c18-10-9-13-5-7-15(8-6-13)19-16(20)12-22-17(21)11-14-3-1-2-4-14/h1,3,5-8,14H,2,4,9,11-12H2,(H,19,20)/t14-/m0/s1. The van der Waals surface area contributed by atoms with Crippen molar-refractivity contribution in [1.82, 2.24) is 0 Å². The molecule has 0 unspecified atom stereocenters. The van der Waals surface area contributed by atoms with Crippen LogP contribution in [0, 0.1) is 17.2 Å². The van der Waals surface area contributed by atoms with Gasteiger partial charge in [-0.2, -0.15) is 5.26 Å². The van der Waals surface area contributed by atoms with Crippen molar-refractivity contribution in [2.45, 2.75) is 25.7 Å². The average Bonchev–Trinajstić information content (AvgIpc) is 3.00. The summed E-state index contributed by atoms with van der Waals surface area (Å²) in [6, 6.07) is 9.04. The van der Waals surface area contributed by atoms with E-state index in [9.17, 15) is 9.59 Å². The van der Waals surface area contributed by atoms with Gasteiger partial charge in [-0.25, -0.2) is 0 Å². The molecule has 114 valence electrons. The van der Waals surface area contributed by atoms with Gasteiger partial charge < -0.3 is 10.1 Å². The molecule has 0 spiro atoms. The average molecular weight is 298 g/mol. The van der Waals surface area contributed by atoms with E-state index >= 15 is 0 Å². The van der Waals surface area contributed by atoms with Gasteiger partial charge in [0.05, 0.1) is 18.9 Å². The van der Waals surface area contributed by atoms with Gasteiger partial charge in [0.15, 0.2) is 6.61 Å². The van der Waals surface area contributed by atoms with Crippen molar-refractivity contribution in [2.24, 2.45) is 5.92 Å². The molecule has 1 N–H and O–H groups in total. The van der Waals surface area contributed by atoms with Gasteiger partial charge in [-0.3, -0.25) is 9.59 Å². The third-order valence-corrected chi connectivity index (χ3v) is 3.43. The molecular formula is C17H18N2O3. The van der Waals surface area contributed by atoms with Gasteiger partial charge in [0.25, 0.3) is 5.91 Å². The molecule has 0 aromatic heterocycles. The highest BCUT2D eigenvalue weighted by Gasteiger charge is 2.16. The van der Waals surface area contributed by atoms with Gasteiger partial charge >= 0.3 is 5.97 Å². The van der Waals surface area contributed by atoms with Crippen molar-refractivity contribution in [3.63, 3.8) is 0 Å². The Morgan fingerprint density at radius 2 is 2.09 bits per heavy atom. The minimum atomic E-state index is -0.372. The zero-order chi connectivity index (χ0) is 15.8. The van der Waals surface area contributed by atoms with E-state index in [1.165, 1.54) is 0 Å². The largest absolute Gasteiger partial charge is 0.456 e. The van der Waals surface area contributed by atoms with Crippen LogP contribution in [-0.2, 0) is 20.7 Å². The summed E-state index contributed by atoms with van der Waals surface area (Å²) in [6.45, 7) is -0.283. The predicted octanol–water partition coefficient (Wildman–Crippen LogP) is 2.59. The molecule has 0 fully saturated rings. The minimum Gasteiger partial charge on any atom is -0.456 e. The lowest BCUT2D eigenvalue weighted by Gasteiger charge is -2.09.